The topological polar surface area (TPSA) is 70.7 Å². The minimum atomic E-state index is -0.193. The normalized spacial score (nSPS) is 19.9. The van der Waals surface area contributed by atoms with Crippen LogP contribution in [-0.2, 0) is 6.42 Å². The fourth-order valence-electron chi connectivity index (χ4n) is 5.61. The van der Waals surface area contributed by atoms with Crippen LogP contribution in [-0.4, -0.2) is 65.6 Å². The molecule has 8 nitrogen and oxygen atoms in total. The van der Waals surface area contributed by atoms with Crippen molar-refractivity contribution in [2.24, 2.45) is 0 Å². The molecular formula is C27H34N2O6S. The van der Waals surface area contributed by atoms with Crippen LogP contribution in [0, 0.1) is 13.8 Å². The van der Waals surface area contributed by atoms with Crippen molar-refractivity contribution in [3.8, 4) is 34.5 Å². The molecule has 0 aliphatic carbocycles. The minimum absolute atomic E-state index is 0.00934. The molecule has 0 spiro atoms. The Balaban J connectivity index is 2.02. The van der Waals surface area contributed by atoms with E-state index in [0.29, 0.717) is 35.2 Å². The molecule has 2 aliphatic rings. The number of nitrogens with one attached hydrogen (secondary N) is 1. The zero-order valence-electron chi connectivity index (χ0n) is 22.3. The van der Waals surface area contributed by atoms with E-state index in [0.717, 1.165) is 44.3 Å². The predicted molar refractivity (Wildman–Crippen MR) is 143 cm³/mol. The molecule has 1 N–H and O–H groups in total. The molecule has 0 saturated carbocycles. The minimum Gasteiger partial charge on any atom is -0.496 e. The number of nitrogens with zero attached hydrogens (tertiary/aromatic N) is 1. The molecule has 2 aliphatic heterocycles. The van der Waals surface area contributed by atoms with E-state index >= 15 is 0 Å². The van der Waals surface area contributed by atoms with Gasteiger partial charge in [0.25, 0.3) is 0 Å². The molecule has 0 radical (unpaired) electrons. The summed E-state index contributed by atoms with van der Waals surface area (Å²) in [5.41, 5.74) is 5.54. The third-order valence-corrected chi connectivity index (χ3v) is 7.55. The Kier molecular flexibility index (Phi) is 7.24. The molecule has 2 heterocycles. The molecule has 0 amide bonds. The molecule has 9 heteroatoms. The number of fused-ring (bicyclic) bond motifs is 4. The Morgan fingerprint density at radius 1 is 0.833 bits per heavy atom. The SMILES string of the molecule is COc1cc(/C=C2\NC(=S)C3Cc4c(OC)c(C)c(OC)c(OC)c4C2N3C)c(OC)c(C)c1OC. The van der Waals surface area contributed by atoms with Gasteiger partial charge in [0.05, 0.1) is 59.7 Å². The first-order valence-corrected chi connectivity index (χ1v) is 12.0. The first-order valence-electron chi connectivity index (χ1n) is 11.6. The van der Waals surface area contributed by atoms with Crippen molar-refractivity contribution in [1.82, 2.24) is 10.2 Å². The quantitative estimate of drug-likeness (QED) is 0.547. The number of methoxy groups -OCH3 is 6. The summed E-state index contributed by atoms with van der Waals surface area (Å²) in [7, 11) is 12.0. The Hall–Kier alpha value is -3.17. The van der Waals surface area contributed by atoms with Crippen molar-refractivity contribution in [2.45, 2.75) is 32.4 Å². The second-order valence-corrected chi connectivity index (χ2v) is 9.29. The highest BCUT2D eigenvalue weighted by Crippen LogP contribution is 2.53. The lowest BCUT2D eigenvalue weighted by Gasteiger charge is -2.47. The second-order valence-electron chi connectivity index (χ2n) is 8.85. The maximum Gasteiger partial charge on any atom is 0.167 e. The summed E-state index contributed by atoms with van der Waals surface area (Å²) < 4.78 is 34.6. The molecule has 0 aromatic heterocycles. The van der Waals surface area contributed by atoms with Gasteiger partial charge in [0.2, 0.25) is 0 Å². The number of rotatable bonds is 7. The Bertz CT molecular complexity index is 1240. The fourth-order valence-corrected chi connectivity index (χ4v) is 5.98. The van der Waals surface area contributed by atoms with Crippen molar-refractivity contribution in [3.63, 3.8) is 0 Å². The van der Waals surface area contributed by atoms with Gasteiger partial charge < -0.3 is 33.7 Å². The van der Waals surface area contributed by atoms with Gasteiger partial charge in [-0.15, -0.1) is 0 Å². The number of hydrogen-bond acceptors (Lipinski definition) is 8. The second kappa shape index (κ2) is 10.1. The average Bonchev–Trinajstić information content (AvgIpc) is 2.86. The van der Waals surface area contributed by atoms with E-state index in [1.165, 1.54) is 0 Å². The van der Waals surface area contributed by atoms with Crippen molar-refractivity contribution < 1.29 is 28.4 Å². The van der Waals surface area contributed by atoms with Crippen LogP contribution in [0.2, 0.25) is 0 Å². The first-order chi connectivity index (χ1) is 17.3. The van der Waals surface area contributed by atoms with Crippen LogP contribution < -0.4 is 33.7 Å². The van der Waals surface area contributed by atoms with Crippen LogP contribution in [0.3, 0.4) is 0 Å². The van der Waals surface area contributed by atoms with E-state index < -0.39 is 0 Å². The number of hydrogen-bond donors (Lipinski definition) is 1. The molecule has 1 fully saturated rings. The molecule has 2 unspecified atom stereocenters. The van der Waals surface area contributed by atoms with E-state index in [-0.39, 0.29) is 12.1 Å². The summed E-state index contributed by atoms with van der Waals surface area (Å²) in [6.45, 7) is 3.93. The maximum absolute atomic E-state index is 5.95. The monoisotopic (exact) mass is 514 g/mol. The molecule has 2 aromatic carbocycles. The highest BCUT2D eigenvalue weighted by atomic mass is 32.1. The van der Waals surface area contributed by atoms with Gasteiger partial charge in [0.1, 0.15) is 11.5 Å². The van der Waals surface area contributed by atoms with Gasteiger partial charge in [-0.25, -0.2) is 0 Å². The Labute approximate surface area is 218 Å². The van der Waals surface area contributed by atoms with Crippen molar-refractivity contribution in [2.75, 3.05) is 49.7 Å². The Morgan fingerprint density at radius 2 is 1.42 bits per heavy atom. The van der Waals surface area contributed by atoms with Crippen LogP contribution in [0.4, 0.5) is 0 Å². The van der Waals surface area contributed by atoms with E-state index in [2.05, 4.69) is 17.3 Å². The molecule has 2 bridgehead atoms. The third kappa shape index (κ3) is 3.81. The first kappa shape index (κ1) is 25.9. The van der Waals surface area contributed by atoms with E-state index in [9.17, 15) is 0 Å². The van der Waals surface area contributed by atoms with Gasteiger partial charge in [0, 0.05) is 33.5 Å². The lowest BCUT2D eigenvalue weighted by atomic mass is 9.81. The van der Waals surface area contributed by atoms with E-state index in [4.69, 9.17) is 40.6 Å². The zero-order valence-corrected chi connectivity index (χ0v) is 23.1. The van der Waals surface area contributed by atoms with Crippen molar-refractivity contribution >= 4 is 23.3 Å². The summed E-state index contributed by atoms with van der Waals surface area (Å²) in [6.07, 6.45) is 2.75. The lowest BCUT2D eigenvalue weighted by Crippen LogP contribution is -2.56. The summed E-state index contributed by atoms with van der Waals surface area (Å²) in [5, 5.41) is 3.50. The zero-order chi connectivity index (χ0) is 26.3. The van der Waals surface area contributed by atoms with Crippen LogP contribution in [0.25, 0.3) is 6.08 Å². The van der Waals surface area contributed by atoms with Gasteiger partial charge in [0.15, 0.2) is 23.0 Å². The summed E-state index contributed by atoms with van der Waals surface area (Å²) in [6, 6.07) is 1.73. The van der Waals surface area contributed by atoms with E-state index in [1.54, 1.807) is 42.7 Å². The van der Waals surface area contributed by atoms with Crippen LogP contribution in [0.1, 0.15) is 33.9 Å². The van der Waals surface area contributed by atoms with Gasteiger partial charge in [-0.05, 0) is 39.5 Å². The highest BCUT2D eigenvalue weighted by Gasteiger charge is 2.45. The molecule has 2 aromatic rings. The number of likely N-dealkylation sites (N-methyl/N-ethyl adjacent to an activating group) is 1. The standard InChI is InChI=1S/C27H34N2O6S/c1-13-22(31-5)15(11-19(30-4)24(13)33-7)10-17-21-20-16(12-18(29(21)3)27(36)28-17)23(32-6)14(2)25(34-8)26(20)35-9/h10-11,18,21H,12H2,1-9H3,(H,28,36)/b17-10-. The van der Waals surface area contributed by atoms with Crippen LogP contribution in [0.15, 0.2) is 11.8 Å². The van der Waals surface area contributed by atoms with Crippen LogP contribution >= 0.6 is 12.2 Å². The molecule has 36 heavy (non-hydrogen) atoms. The predicted octanol–water partition coefficient (Wildman–Crippen LogP) is 4.22. The maximum atomic E-state index is 5.95. The summed E-state index contributed by atoms with van der Waals surface area (Å²) in [4.78, 5) is 3.01. The fraction of sp³-hybridized carbons (Fsp3) is 0.444. The van der Waals surface area contributed by atoms with Crippen molar-refractivity contribution in [1.29, 1.82) is 0 Å². The van der Waals surface area contributed by atoms with Crippen molar-refractivity contribution in [3.05, 3.63) is 39.6 Å². The molecule has 4 rings (SSSR count). The average molecular weight is 515 g/mol. The number of ether oxygens (including phenoxy) is 6. The summed E-state index contributed by atoms with van der Waals surface area (Å²) in [5.74, 6) is 4.10. The number of benzene rings is 2. The smallest absolute Gasteiger partial charge is 0.167 e. The van der Waals surface area contributed by atoms with Gasteiger partial charge in [-0.3, -0.25) is 4.90 Å². The largest absolute Gasteiger partial charge is 0.496 e. The molecule has 2 atom stereocenters. The van der Waals surface area contributed by atoms with Gasteiger partial charge >= 0.3 is 0 Å². The highest BCUT2D eigenvalue weighted by molar-refractivity contribution is 7.80. The summed E-state index contributed by atoms with van der Waals surface area (Å²) >= 11 is 5.84. The number of piperazine rings is 1. The van der Waals surface area contributed by atoms with Gasteiger partial charge in [-0.1, -0.05) is 12.2 Å². The number of thiocarbonyl (C=S) groups is 1. The molecule has 1 saturated heterocycles. The molecule has 194 valence electrons. The van der Waals surface area contributed by atoms with Crippen LogP contribution in [0.5, 0.6) is 34.5 Å². The third-order valence-electron chi connectivity index (χ3n) is 7.17. The lowest BCUT2D eigenvalue weighted by molar-refractivity contribution is 0.195. The molecular weight excluding hydrogens is 480 g/mol. The van der Waals surface area contributed by atoms with Gasteiger partial charge in [-0.2, -0.15) is 0 Å². The Morgan fingerprint density at radius 3 is 1.97 bits per heavy atom. The van der Waals surface area contributed by atoms with E-state index in [1.807, 2.05) is 26.0 Å².